The van der Waals surface area contributed by atoms with E-state index in [4.69, 9.17) is 14.9 Å². The molecule has 1 aromatic rings. The Morgan fingerprint density at radius 3 is 1.51 bits per heavy atom. The first-order valence-corrected chi connectivity index (χ1v) is 13.4. The van der Waals surface area contributed by atoms with E-state index in [1.165, 1.54) is 4.90 Å². The lowest BCUT2D eigenvalue weighted by Crippen LogP contribution is -2.53. The average Bonchev–Trinajstić information content (AvgIpc) is 2.93. The van der Waals surface area contributed by atoms with Gasteiger partial charge in [0, 0.05) is 18.8 Å². The third-order valence-electron chi connectivity index (χ3n) is 6.28. The highest BCUT2D eigenvalue weighted by Gasteiger charge is 2.34. The number of ether oxygens (including phenoxy) is 1. The maximum Gasteiger partial charge on any atom is 0.119 e. The molecular formula is C25H46ClNO11S. The third kappa shape index (κ3) is 14.1. The minimum atomic E-state index is -1.82. The molecule has 0 bridgehead atoms. The first-order valence-electron chi connectivity index (χ1n) is 12.8. The average molecular weight is 604 g/mol. The number of rotatable bonds is 21. The summed E-state index contributed by atoms with van der Waals surface area (Å²) in [7, 11) is 0. The Morgan fingerprint density at radius 2 is 1.08 bits per heavy atom. The van der Waals surface area contributed by atoms with Gasteiger partial charge >= 0.3 is 0 Å². The Kier molecular flexibility index (Phi) is 20.6. The molecule has 8 atom stereocenters. The number of hydrogen-bond donors (Lipinski definition) is 11. The highest BCUT2D eigenvalue weighted by Crippen LogP contribution is 2.15. The molecule has 0 aliphatic rings. The van der Waals surface area contributed by atoms with Gasteiger partial charge in [-0.2, -0.15) is 12.6 Å². The smallest absolute Gasteiger partial charge is 0.119 e. The van der Waals surface area contributed by atoms with Gasteiger partial charge in [0.05, 0.1) is 32.0 Å². The van der Waals surface area contributed by atoms with Crippen LogP contribution in [0.4, 0.5) is 0 Å². The van der Waals surface area contributed by atoms with Crippen LogP contribution in [-0.4, -0.2) is 144 Å². The molecular weight excluding hydrogens is 558 g/mol. The van der Waals surface area contributed by atoms with Crippen LogP contribution in [0.5, 0.6) is 5.75 Å². The van der Waals surface area contributed by atoms with Crippen molar-refractivity contribution in [3.63, 3.8) is 0 Å². The summed E-state index contributed by atoms with van der Waals surface area (Å²) in [6.45, 7) is -1.37. The van der Waals surface area contributed by atoms with Gasteiger partial charge in [0.15, 0.2) is 0 Å². The van der Waals surface area contributed by atoms with E-state index in [9.17, 15) is 40.9 Å². The summed E-state index contributed by atoms with van der Waals surface area (Å²) < 4.78 is 5.71. The Balaban J connectivity index is 0.0000144. The Hall–Kier alpha value is -0.780. The second-order valence-electron chi connectivity index (χ2n) is 9.42. The SMILES string of the molecule is Cl.OC[C@@H](O)[C@@H](O)[C@H](O)[C@@H](O)CN(CCCCCCOc1ccc(CS)cc1)C[C@H](O)[C@@H](O)[C@H](O)[C@H](O)CO. The van der Waals surface area contributed by atoms with Crippen molar-refractivity contribution in [2.45, 2.75) is 80.3 Å². The van der Waals surface area contributed by atoms with Crippen LogP contribution in [0, 0.1) is 0 Å². The van der Waals surface area contributed by atoms with Crippen molar-refractivity contribution in [3.05, 3.63) is 29.8 Å². The monoisotopic (exact) mass is 603 g/mol. The van der Waals surface area contributed by atoms with Crippen molar-refractivity contribution in [1.29, 1.82) is 0 Å². The summed E-state index contributed by atoms with van der Waals surface area (Å²) >= 11 is 4.22. The zero-order chi connectivity index (χ0) is 28.7. The topological polar surface area (TPSA) is 215 Å². The number of aliphatic hydroxyl groups is 10. The molecule has 0 saturated carbocycles. The predicted molar refractivity (Wildman–Crippen MR) is 149 cm³/mol. The molecule has 0 aliphatic carbocycles. The zero-order valence-electron chi connectivity index (χ0n) is 21.9. The van der Waals surface area contributed by atoms with E-state index in [1.807, 2.05) is 24.3 Å². The lowest BCUT2D eigenvalue weighted by molar-refractivity contribution is -0.130. The molecule has 12 nitrogen and oxygen atoms in total. The van der Waals surface area contributed by atoms with E-state index in [1.54, 1.807) is 0 Å². The molecule has 0 amide bonds. The van der Waals surface area contributed by atoms with Crippen molar-refractivity contribution >= 4 is 25.0 Å². The van der Waals surface area contributed by atoms with Crippen LogP contribution in [0.25, 0.3) is 0 Å². The molecule has 0 spiro atoms. The summed E-state index contributed by atoms with van der Waals surface area (Å²) in [4.78, 5) is 1.50. The number of aliphatic hydroxyl groups excluding tert-OH is 10. The molecule has 39 heavy (non-hydrogen) atoms. The Bertz CT molecular complexity index is 708. The maximum atomic E-state index is 10.4. The molecule has 14 heteroatoms. The molecule has 0 aromatic heterocycles. The highest BCUT2D eigenvalue weighted by atomic mass is 35.5. The van der Waals surface area contributed by atoms with Crippen LogP contribution >= 0.6 is 25.0 Å². The molecule has 0 radical (unpaired) electrons. The van der Waals surface area contributed by atoms with Gasteiger partial charge in [-0.3, -0.25) is 4.90 Å². The van der Waals surface area contributed by atoms with E-state index in [2.05, 4.69) is 12.6 Å². The van der Waals surface area contributed by atoms with Gasteiger partial charge in [0.2, 0.25) is 0 Å². The summed E-state index contributed by atoms with van der Waals surface area (Å²) in [5, 5.41) is 97.8. The number of thiol groups is 1. The lowest BCUT2D eigenvalue weighted by Gasteiger charge is -2.33. The van der Waals surface area contributed by atoms with Gasteiger partial charge in [-0.1, -0.05) is 25.0 Å². The van der Waals surface area contributed by atoms with Crippen molar-refractivity contribution in [1.82, 2.24) is 4.90 Å². The van der Waals surface area contributed by atoms with E-state index in [0.29, 0.717) is 25.3 Å². The number of nitrogens with zero attached hydrogens (tertiary/aromatic N) is 1. The lowest BCUT2D eigenvalue weighted by atomic mass is 10.0. The first kappa shape index (κ1) is 38.2. The number of benzene rings is 1. The molecule has 0 unspecified atom stereocenters. The fourth-order valence-electron chi connectivity index (χ4n) is 3.80. The van der Waals surface area contributed by atoms with Crippen molar-refractivity contribution in [2.24, 2.45) is 0 Å². The fraction of sp³-hybridized carbons (Fsp3) is 0.760. The predicted octanol–water partition coefficient (Wildman–Crippen LogP) is -2.35. The third-order valence-corrected chi connectivity index (χ3v) is 6.65. The zero-order valence-corrected chi connectivity index (χ0v) is 23.6. The Labute approximate surface area is 240 Å². The van der Waals surface area contributed by atoms with Gasteiger partial charge in [0.1, 0.15) is 42.4 Å². The molecule has 230 valence electrons. The van der Waals surface area contributed by atoms with Crippen LogP contribution in [0.1, 0.15) is 31.2 Å². The van der Waals surface area contributed by atoms with Crippen LogP contribution in [0.3, 0.4) is 0 Å². The summed E-state index contributed by atoms with van der Waals surface area (Å²) in [6.07, 6.45) is -10.8. The Morgan fingerprint density at radius 1 is 0.641 bits per heavy atom. The van der Waals surface area contributed by atoms with Crippen LogP contribution in [0.2, 0.25) is 0 Å². The standard InChI is InChI=1S/C25H45NO11S.ClH/c27-13-20(31)24(35)22(33)18(29)11-26(12-19(30)23(34)25(36)21(32)14-28)9-3-1-2-4-10-37-17-7-5-16(15-38)6-8-17;/h5-8,18-25,27-36,38H,1-4,9-15H2;1H/t18-,19-,20+,21+,22+,23+,24+,25+;/m0./s1. The molecule has 0 heterocycles. The number of hydrogen-bond acceptors (Lipinski definition) is 13. The molecule has 0 aliphatic heterocycles. The molecule has 0 saturated heterocycles. The molecule has 1 aromatic carbocycles. The van der Waals surface area contributed by atoms with Gasteiger partial charge in [0.25, 0.3) is 0 Å². The van der Waals surface area contributed by atoms with E-state index in [-0.39, 0.29) is 25.5 Å². The molecule has 0 fully saturated rings. The van der Waals surface area contributed by atoms with E-state index < -0.39 is 62.0 Å². The summed E-state index contributed by atoms with van der Waals surface area (Å²) in [5.74, 6) is 1.42. The van der Waals surface area contributed by atoms with Crippen LogP contribution in [-0.2, 0) is 5.75 Å². The maximum absolute atomic E-state index is 10.4. The minimum Gasteiger partial charge on any atom is -0.494 e. The normalized spacial score (nSPS) is 17.9. The first-order chi connectivity index (χ1) is 18.0. The van der Waals surface area contributed by atoms with Crippen molar-refractivity contribution < 1.29 is 55.8 Å². The van der Waals surface area contributed by atoms with Crippen LogP contribution < -0.4 is 4.74 Å². The van der Waals surface area contributed by atoms with Gasteiger partial charge < -0.3 is 55.8 Å². The second-order valence-corrected chi connectivity index (χ2v) is 9.74. The quantitative estimate of drug-likeness (QED) is 0.0526. The molecule has 1 rings (SSSR count). The summed E-state index contributed by atoms with van der Waals surface area (Å²) in [6, 6.07) is 7.66. The van der Waals surface area contributed by atoms with Crippen molar-refractivity contribution in [2.75, 3.05) is 39.5 Å². The van der Waals surface area contributed by atoms with Gasteiger partial charge in [-0.05, 0) is 37.1 Å². The highest BCUT2D eigenvalue weighted by molar-refractivity contribution is 7.79. The molecule has 10 N–H and O–H groups in total. The largest absolute Gasteiger partial charge is 0.494 e. The summed E-state index contributed by atoms with van der Waals surface area (Å²) in [5.41, 5.74) is 1.10. The van der Waals surface area contributed by atoms with E-state index in [0.717, 1.165) is 30.6 Å². The van der Waals surface area contributed by atoms with Crippen LogP contribution in [0.15, 0.2) is 24.3 Å². The van der Waals surface area contributed by atoms with Crippen molar-refractivity contribution in [3.8, 4) is 5.75 Å². The van der Waals surface area contributed by atoms with Gasteiger partial charge in [-0.25, -0.2) is 0 Å². The second kappa shape index (κ2) is 21.0. The number of unbranched alkanes of at least 4 members (excludes halogenated alkanes) is 3. The fourth-order valence-corrected chi connectivity index (χ4v) is 4.01. The van der Waals surface area contributed by atoms with Gasteiger partial charge in [-0.15, -0.1) is 12.4 Å². The minimum absolute atomic E-state index is 0. The van der Waals surface area contributed by atoms with E-state index >= 15 is 0 Å². The number of halogens is 1.